The van der Waals surface area contributed by atoms with Crippen LogP contribution in [0.1, 0.15) is 19.3 Å². The number of hydrogen-bond donors (Lipinski definition) is 0. The minimum Gasteiger partial charge on any atom is -0.355 e. The predicted octanol–water partition coefficient (Wildman–Crippen LogP) is 4.40. The van der Waals surface area contributed by atoms with Crippen molar-refractivity contribution in [2.45, 2.75) is 25.3 Å². The Bertz CT molecular complexity index is 931. The van der Waals surface area contributed by atoms with Crippen LogP contribution in [0.25, 0.3) is 22.3 Å². The first-order chi connectivity index (χ1) is 12.4. The van der Waals surface area contributed by atoms with Gasteiger partial charge in [0.2, 0.25) is 0 Å². The van der Waals surface area contributed by atoms with E-state index in [1.54, 1.807) is 0 Å². The molecule has 25 heavy (non-hydrogen) atoms. The summed E-state index contributed by atoms with van der Waals surface area (Å²) in [5, 5.41) is 0. The number of fused-ring (bicyclic) bond motifs is 1. The molecule has 124 valence electrons. The zero-order valence-corrected chi connectivity index (χ0v) is 14.0. The van der Waals surface area contributed by atoms with Gasteiger partial charge in [0.05, 0.1) is 29.6 Å². The monoisotopic (exact) mass is 328 g/mol. The van der Waals surface area contributed by atoms with Crippen molar-refractivity contribution in [2.75, 3.05) is 11.6 Å². The van der Waals surface area contributed by atoms with Gasteiger partial charge in [0.25, 0.3) is 0 Å². The smallest absolute Gasteiger partial charge is 0.0944 e. The summed E-state index contributed by atoms with van der Waals surface area (Å²) in [5.74, 6) is 0. The molecule has 1 aromatic heterocycles. The van der Waals surface area contributed by atoms with E-state index in [9.17, 15) is 0 Å². The molecule has 4 heteroatoms. The maximum Gasteiger partial charge on any atom is 0.0944 e. The SMILES string of the molecule is C1=CN(C2CCC2)CN1c1ccc2ncc(-c3ccccc3)nc2c1. The van der Waals surface area contributed by atoms with Crippen LogP contribution in [-0.2, 0) is 0 Å². The summed E-state index contributed by atoms with van der Waals surface area (Å²) in [4.78, 5) is 14.1. The molecule has 0 atom stereocenters. The Morgan fingerprint density at radius 1 is 0.920 bits per heavy atom. The Kier molecular flexibility index (Phi) is 3.40. The van der Waals surface area contributed by atoms with Gasteiger partial charge in [-0.1, -0.05) is 30.3 Å². The summed E-state index contributed by atoms with van der Waals surface area (Å²) in [7, 11) is 0. The molecule has 2 aromatic carbocycles. The molecule has 0 amide bonds. The van der Waals surface area contributed by atoms with Crippen LogP contribution < -0.4 is 4.90 Å². The summed E-state index contributed by atoms with van der Waals surface area (Å²) < 4.78 is 0. The molecule has 0 radical (unpaired) electrons. The number of aromatic nitrogens is 2. The van der Waals surface area contributed by atoms with Crippen molar-refractivity contribution in [3.8, 4) is 11.3 Å². The van der Waals surface area contributed by atoms with Gasteiger partial charge in [0.15, 0.2) is 0 Å². The van der Waals surface area contributed by atoms with E-state index in [0.717, 1.165) is 35.0 Å². The van der Waals surface area contributed by atoms with Crippen LogP contribution in [-0.4, -0.2) is 27.6 Å². The second-order valence-corrected chi connectivity index (χ2v) is 6.80. The largest absolute Gasteiger partial charge is 0.355 e. The average Bonchev–Trinajstić information content (AvgIpc) is 3.09. The maximum absolute atomic E-state index is 4.83. The van der Waals surface area contributed by atoms with Crippen molar-refractivity contribution in [1.29, 1.82) is 0 Å². The first kappa shape index (κ1) is 14.5. The summed E-state index contributed by atoms with van der Waals surface area (Å²) >= 11 is 0. The highest BCUT2D eigenvalue weighted by molar-refractivity contribution is 5.81. The first-order valence-corrected chi connectivity index (χ1v) is 8.90. The molecule has 1 aliphatic carbocycles. The van der Waals surface area contributed by atoms with Gasteiger partial charge in [-0.05, 0) is 37.5 Å². The molecular formula is C21H20N4. The Morgan fingerprint density at radius 3 is 2.60 bits per heavy atom. The van der Waals surface area contributed by atoms with E-state index < -0.39 is 0 Å². The van der Waals surface area contributed by atoms with Crippen molar-refractivity contribution in [3.05, 3.63) is 67.1 Å². The highest BCUT2D eigenvalue weighted by atomic mass is 15.4. The van der Waals surface area contributed by atoms with Gasteiger partial charge in [-0.25, -0.2) is 4.98 Å². The molecule has 0 saturated heterocycles. The summed E-state index contributed by atoms with van der Waals surface area (Å²) in [6.07, 6.45) is 10.3. The normalized spacial score (nSPS) is 17.3. The van der Waals surface area contributed by atoms with Gasteiger partial charge in [0, 0.05) is 29.7 Å². The Morgan fingerprint density at radius 2 is 1.80 bits per heavy atom. The van der Waals surface area contributed by atoms with Crippen LogP contribution in [0, 0.1) is 0 Å². The summed E-state index contributed by atoms with van der Waals surface area (Å²) in [6.45, 7) is 0.933. The fourth-order valence-corrected chi connectivity index (χ4v) is 3.49. The van der Waals surface area contributed by atoms with Crippen LogP contribution in [0.5, 0.6) is 0 Å². The fraction of sp³-hybridized carbons (Fsp3) is 0.238. The molecule has 0 unspecified atom stereocenters. The lowest BCUT2D eigenvalue weighted by atomic mass is 9.92. The lowest BCUT2D eigenvalue weighted by Gasteiger charge is -2.35. The number of rotatable bonds is 3. The molecule has 1 aliphatic heterocycles. The minimum absolute atomic E-state index is 0.728. The first-order valence-electron chi connectivity index (χ1n) is 8.90. The maximum atomic E-state index is 4.83. The van der Waals surface area contributed by atoms with E-state index in [-0.39, 0.29) is 0 Å². The Hall–Kier alpha value is -2.88. The zero-order chi connectivity index (χ0) is 16.6. The van der Waals surface area contributed by atoms with E-state index in [1.165, 1.54) is 24.9 Å². The van der Waals surface area contributed by atoms with Gasteiger partial charge in [-0.3, -0.25) is 4.98 Å². The number of anilines is 1. The lowest BCUT2D eigenvalue weighted by Crippen LogP contribution is -2.38. The van der Waals surface area contributed by atoms with Crippen LogP contribution in [0.4, 0.5) is 5.69 Å². The molecule has 3 aromatic rings. The van der Waals surface area contributed by atoms with E-state index in [0.29, 0.717) is 0 Å². The lowest BCUT2D eigenvalue weighted by molar-refractivity contribution is 0.197. The molecule has 1 saturated carbocycles. The van der Waals surface area contributed by atoms with E-state index in [4.69, 9.17) is 4.98 Å². The molecule has 0 spiro atoms. The molecule has 4 nitrogen and oxygen atoms in total. The minimum atomic E-state index is 0.728. The van der Waals surface area contributed by atoms with Gasteiger partial charge in [-0.15, -0.1) is 0 Å². The Balaban J connectivity index is 1.45. The van der Waals surface area contributed by atoms with Crippen molar-refractivity contribution in [3.63, 3.8) is 0 Å². The standard InChI is InChI=1S/C21H20N4/c1-2-5-16(6-3-1)21-14-22-19-10-9-18(13-20(19)23-21)25-12-11-24(15-25)17-7-4-8-17/h1-3,5-6,9-14,17H,4,7-8,15H2. The topological polar surface area (TPSA) is 32.3 Å². The Labute approximate surface area is 147 Å². The van der Waals surface area contributed by atoms with Gasteiger partial charge in [-0.2, -0.15) is 0 Å². The molecule has 2 aliphatic rings. The number of hydrogen-bond acceptors (Lipinski definition) is 4. The predicted molar refractivity (Wildman–Crippen MR) is 101 cm³/mol. The molecular weight excluding hydrogens is 308 g/mol. The second kappa shape index (κ2) is 5.88. The molecule has 0 N–H and O–H groups in total. The molecule has 2 heterocycles. The average molecular weight is 328 g/mol. The van der Waals surface area contributed by atoms with E-state index >= 15 is 0 Å². The van der Waals surface area contributed by atoms with Gasteiger partial charge < -0.3 is 9.80 Å². The molecule has 1 fully saturated rings. The third-order valence-electron chi connectivity index (χ3n) is 5.22. The second-order valence-electron chi connectivity index (χ2n) is 6.80. The highest BCUT2D eigenvalue weighted by Gasteiger charge is 2.26. The number of benzene rings is 2. The summed E-state index contributed by atoms with van der Waals surface area (Å²) in [6, 6.07) is 17.3. The van der Waals surface area contributed by atoms with Crippen LogP contribution >= 0.6 is 0 Å². The van der Waals surface area contributed by atoms with Crippen LogP contribution in [0.3, 0.4) is 0 Å². The van der Waals surface area contributed by atoms with E-state index in [2.05, 4.69) is 57.5 Å². The third-order valence-corrected chi connectivity index (χ3v) is 5.22. The van der Waals surface area contributed by atoms with Gasteiger partial charge in [0.1, 0.15) is 0 Å². The van der Waals surface area contributed by atoms with Crippen molar-refractivity contribution in [1.82, 2.24) is 14.9 Å². The van der Waals surface area contributed by atoms with Gasteiger partial charge >= 0.3 is 0 Å². The number of nitrogens with zero attached hydrogens (tertiary/aromatic N) is 4. The highest BCUT2D eigenvalue weighted by Crippen LogP contribution is 2.30. The summed E-state index contributed by atoms with van der Waals surface area (Å²) in [5.41, 5.74) is 5.06. The van der Waals surface area contributed by atoms with Crippen molar-refractivity contribution < 1.29 is 0 Å². The quantitative estimate of drug-likeness (QED) is 0.713. The van der Waals surface area contributed by atoms with E-state index in [1.807, 2.05) is 24.4 Å². The molecule has 5 rings (SSSR count). The zero-order valence-electron chi connectivity index (χ0n) is 14.0. The van der Waals surface area contributed by atoms with Crippen LogP contribution in [0.15, 0.2) is 67.1 Å². The molecule has 0 bridgehead atoms. The van der Waals surface area contributed by atoms with Crippen LogP contribution in [0.2, 0.25) is 0 Å². The fourth-order valence-electron chi connectivity index (χ4n) is 3.49. The van der Waals surface area contributed by atoms with Crippen molar-refractivity contribution >= 4 is 16.7 Å². The van der Waals surface area contributed by atoms with Crippen molar-refractivity contribution in [2.24, 2.45) is 0 Å². The third kappa shape index (κ3) is 2.64.